The van der Waals surface area contributed by atoms with Crippen LogP contribution in [0.3, 0.4) is 0 Å². The molecule has 3 atom stereocenters. The van der Waals surface area contributed by atoms with E-state index in [0.717, 1.165) is 24.0 Å². The average Bonchev–Trinajstić information content (AvgIpc) is 3.11. The van der Waals surface area contributed by atoms with E-state index in [0.29, 0.717) is 12.8 Å². The van der Waals surface area contributed by atoms with Gasteiger partial charge in [0.05, 0.1) is 12.3 Å². The highest BCUT2D eigenvalue weighted by Crippen LogP contribution is 2.44. The van der Waals surface area contributed by atoms with Crippen LogP contribution in [0.5, 0.6) is 0 Å². The molecule has 0 saturated heterocycles. The molecule has 3 N–H and O–H groups in total. The van der Waals surface area contributed by atoms with Crippen molar-refractivity contribution in [3.63, 3.8) is 0 Å². The first kappa shape index (κ1) is 22.8. The molecule has 2 aliphatic carbocycles. The molecule has 0 radical (unpaired) electrons. The second kappa shape index (κ2) is 10.1. The maximum absolute atomic E-state index is 12.7. The third kappa shape index (κ3) is 5.18. The Bertz CT molecular complexity index is 991. The molecule has 33 heavy (non-hydrogen) atoms. The van der Waals surface area contributed by atoms with Gasteiger partial charge in [0.2, 0.25) is 5.91 Å². The summed E-state index contributed by atoms with van der Waals surface area (Å²) in [6, 6.07) is 15.5. The zero-order chi connectivity index (χ0) is 23.4. The summed E-state index contributed by atoms with van der Waals surface area (Å²) in [4.78, 5) is 36.3. The molecule has 1 unspecified atom stereocenters. The molecular weight excluding hydrogens is 420 g/mol. The van der Waals surface area contributed by atoms with Crippen LogP contribution in [0.25, 0.3) is 11.1 Å². The number of rotatable bonds is 7. The van der Waals surface area contributed by atoms with E-state index in [-0.39, 0.29) is 30.9 Å². The average molecular weight is 451 g/mol. The molecule has 2 aromatic carbocycles. The summed E-state index contributed by atoms with van der Waals surface area (Å²) in [6.45, 7) is 1.89. The number of ether oxygens (including phenoxy) is 1. The Kier molecular flexibility index (Phi) is 6.96. The summed E-state index contributed by atoms with van der Waals surface area (Å²) in [5.74, 6) is -1.59. The molecule has 7 nitrogen and oxygen atoms in total. The number of aliphatic carboxylic acids is 1. The van der Waals surface area contributed by atoms with Crippen LogP contribution < -0.4 is 10.6 Å². The van der Waals surface area contributed by atoms with E-state index >= 15 is 0 Å². The van der Waals surface area contributed by atoms with Gasteiger partial charge >= 0.3 is 12.1 Å². The molecular formula is C26H30N2O5. The highest BCUT2D eigenvalue weighted by Gasteiger charge is 2.34. The molecule has 0 bridgehead atoms. The summed E-state index contributed by atoms with van der Waals surface area (Å²) in [5, 5.41) is 14.6. The highest BCUT2D eigenvalue weighted by molar-refractivity contribution is 5.82. The van der Waals surface area contributed by atoms with Gasteiger partial charge in [-0.15, -0.1) is 0 Å². The SMILES string of the molecule is CC(CC(=O)O)NC(=O)[C@H]1CCCC[C@H]1NC(=O)OCC1c2ccccc2-c2ccccc21. The fraction of sp³-hybridized carbons (Fsp3) is 0.423. The van der Waals surface area contributed by atoms with Crippen molar-refractivity contribution in [2.45, 2.75) is 57.0 Å². The molecule has 0 heterocycles. The van der Waals surface area contributed by atoms with Gasteiger partial charge in [-0.05, 0) is 42.0 Å². The quantitative estimate of drug-likeness (QED) is 0.590. The lowest BCUT2D eigenvalue weighted by molar-refractivity contribution is -0.137. The summed E-state index contributed by atoms with van der Waals surface area (Å²) in [5.41, 5.74) is 4.63. The van der Waals surface area contributed by atoms with E-state index in [1.165, 1.54) is 11.1 Å². The van der Waals surface area contributed by atoms with Crippen molar-refractivity contribution in [3.05, 3.63) is 59.7 Å². The first-order chi connectivity index (χ1) is 15.9. The number of carbonyl (C=O) groups is 3. The van der Waals surface area contributed by atoms with Crippen molar-refractivity contribution in [2.24, 2.45) is 5.92 Å². The van der Waals surface area contributed by atoms with Crippen LogP contribution >= 0.6 is 0 Å². The van der Waals surface area contributed by atoms with E-state index < -0.39 is 24.0 Å². The van der Waals surface area contributed by atoms with E-state index in [2.05, 4.69) is 34.9 Å². The number of carbonyl (C=O) groups excluding carboxylic acids is 2. The number of nitrogens with one attached hydrogen (secondary N) is 2. The Balaban J connectivity index is 1.37. The minimum atomic E-state index is -0.959. The van der Waals surface area contributed by atoms with E-state index in [9.17, 15) is 14.4 Å². The number of hydrogen-bond acceptors (Lipinski definition) is 4. The van der Waals surface area contributed by atoms with Crippen LogP contribution in [0, 0.1) is 5.92 Å². The lowest BCUT2D eigenvalue weighted by Crippen LogP contribution is -2.50. The predicted molar refractivity (Wildman–Crippen MR) is 124 cm³/mol. The minimum absolute atomic E-state index is 0.0227. The van der Waals surface area contributed by atoms with Crippen molar-refractivity contribution in [2.75, 3.05) is 6.61 Å². The van der Waals surface area contributed by atoms with Gasteiger partial charge in [0.25, 0.3) is 0 Å². The molecule has 1 fully saturated rings. The van der Waals surface area contributed by atoms with Crippen LogP contribution in [-0.2, 0) is 14.3 Å². The van der Waals surface area contributed by atoms with Crippen molar-refractivity contribution in [3.8, 4) is 11.1 Å². The normalized spacial score (nSPS) is 20.3. The Labute approximate surface area is 193 Å². The number of hydrogen-bond donors (Lipinski definition) is 3. The van der Waals surface area contributed by atoms with Crippen molar-refractivity contribution < 1.29 is 24.2 Å². The van der Waals surface area contributed by atoms with Crippen LogP contribution in [0.4, 0.5) is 4.79 Å². The number of amides is 2. The Morgan fingerprint density at radius 3 is 2.24 bits per heavy atom. The molecule has 2 aliphatic rings. The number of carboxylic acid groups (broad SMARTS) is 1. The first-order valence-electron chi connectivity index (χ1n) is 11.6. The number of alkyl carbamates (subject to hydrolysis) is 1. The molecule has 7 heteroatoms. The maximum atomic E-state index is 12.7. The standard InChI is InChI=1S/C26H30N2O5/c1-16(14-24(29)30)27-25(31)21-12-6-7-13-23(21)28-26(32)33-15-22-19-10-4-2-8-17(19)18-9-3-5-11-20(18)22/h2-5,8-11,16,21-23H,6-7,12-15H2,1H3,(H,27,31)(H,28,32)(H,29,30)/t16?,21-,23+/m0/s1. The van der Waals surface area contributed by atoms with Gasteiger partial charge in [-0.3, -0.25) is 9.59 Å². The monoisotopic (exact) mass is 450 g/mol. The molecule has 174 valence electrons. The molecule has 0 aliphatic heterocycles. The van der Waals surface area contributed by atoms with Crippen molar-refractivity contribution >= 4 is 18.0 Å². The van der Waals surface area contributed by atoms with Gasteiger partial charge in [0.15, 0.2) is 0 Å². The van der Waals surface area contributed by atoms with E-state index in [4.69, 9.17) is 9.84 Å². The molecule has 0 aromatic heterocycles. The van der Waals surface area contributed by atoms with Gasteiger partial charge < -0.3 is 20.5 Å². The Hall–Kier alpha value is -3.35. The summed E-state index contributed by atoms with van der Waals surface area (Å²) >= 11 is 0. The number of benzene rings is 2. The van der Waals surface area contributed by atoms with Gasteiger partial charge in [-0.1, -0.05) is 61.4 Å². The molecule has 1 saturated carbocycles. The second-order valence-electron chi connectivity index (χ2n) is 8.97. The third-order valence-electron chi connectivity index (χ3n) is 6.62. The smallest absolute Gasteiger partial charge is 0.407 e. The number of carboxylic acids is 1. The van der Waals surface area contributed by atoms with Crippen LogP contribution in [0.15, 0.2) is 48.5 Å². The lowest BCUT2D eigenvalue weighted by atomic mass is 9.83. The van der Waals surface area contributed by atoms with Crippen LogP contribution in [0.2, 0.25) is 0 Å². The van der Waals surface area contributed by atoms with Crippen LogP contribution in [-0.4, -0.2) is 41.8 Å². The predicted octanol–water partition coefficient (Wildman–Crippen LogP) is 4.06. The van der Waals surface area contributed by atoms with E-state index in [1.807, 2.05) is 24.3 Å². The van der Waals surface area contributed by atoms with Crippen LogP contribution in [0.1, 0.15) is 56.1 Å². The highest BCUT2D eigenvalue weighted by atomic mass is 16.5. The summed E-state index contributed by atoms with van der Waals surface area (Å²) < 4.78 is 5.64. The van der Waals surface area contributed by atoms with Crippen molar-refractivity contribution in [1.29, 1.82) is 0 Å². The summed E-state index contributed by atoms with van der Waals surface area (Å²) in [7, 11) is 0. The number of fused-ring (bicyclic) bond motifs is 3. The third-order valence-corrected chi connectivity index (χ3v) is 6.62. The Morgan fingerprint density at radius 2 is 1.61 bits per heavy atom. The lowest BCUT2D eigenvalue weighted by Gasteiger charge is -2.31. The summed E-state index contributed by atoms with van der Waals surface area (Å²) in [6.07, 6.45) is 2.50. The van der Waals surface area contributed by atoms with Gasteiger partial charge in [-0.2, -0.15) is 0 Å². The zero-order valence-corrected chi connectivity index (χ0v) is 18.8. The Morgan fingerprint density at radius 1 is 1.00 bits per heavy atom. The largest absolute Gasteiger partial charge is 0.481 e. The molecule has 4 rings (SSSR count). The van der Waals surface area contributed by atoms with E-state index in [1.54, 1.807) is 6.92 Å². The van der Waals surface area contributed by atoms with Gasteiger partial charge in [0, 0.05) is 18.0 Å². The van der Waals surface area contributed by atoms with Gasteiger partial charge in [0.1, 0.15) is 6.61 Å². The minimum Gasteiger partial charge on any atom is -0.481 e. The molecule has 2 aromatic rings. The second-order valence-corrected chi connectivity index (χ2v) is 8.97. The van der Waals surface area contributed by atoms with Gasteiger partial charge in [-0.25, -0.2) is 4.79 Å². The van der Waals surface area contributed by atoms with Crippen molar-refractivity contribution in [1.82, 2.24) is 10.6 Å². The first-order valence-corrected chi connectivity index (χ1v) is 11.6. The molecule has 0 spiro atoms. The fourth-order valence-corrected chi connectivity index (χ4v) is 5.07. The fourth-order valence-electron chi connectivity index (χ4n) is 5.07. The molecule has 2 amide bonds. The maximum Gasteiger partial charge on any atom is 0.407 e. The topological polar surface area (TPSA) is 105 Å². The zero-order valence-electron chi connectivity index (χ0n) is 18.8.